The lowest BCUT2D eigenvalue weighted by Crippen LogP contribution is -2.25. The standard InChI is InChI=1S/C70H50N4O/c1-70(2,3)46-39-61-56-28-15-11-24-52(56)51-23-10-14-27-55(51)60-32-18-38-71-69(60)74-65-42-48(35-37-58(65)62(40-46)67(61)74)75-47-34-36-57-53-25-12-13-26-54(53)59-31-17-33-63-68(59)73(64(57)41-47)43-72(63)66-49(44-19-6-4-7-20-44)29-16-30-50(66)45-21-8-5-9-22-45/h4-42H,43H2,1-3H3. The van der Waals surface area contributed by atoms with Gasteiger partial charge in [0.25, 0.3) is 0 Å². The Morgan fingerprint density at radius 3 is 1.59 bits per heavy atom. The molecule has 0 bridgehead atoms. The Labute approximate surface area is 435 Å². The molecule has 15 rings (SSSR count). The number of aromatic nitrogens is 2. The van der Waals surface area contributed by atoms with Crippen LogP contribution in [0.5, 0.6) is 11.5 Å². The Kier molecular flexibility index (Phi) is 9.52. The molecule has 0 spiro atoms. The van der Waals surface area contributed by atoms with Gasteiger partial charge in [0, 0.05) is 62.1 Å². The molecule has 75 heavy (non-hydrogen) atoms. The first-order chi connectivity index (χ1) is 36.9. The molecule has 3 aromatic heterocycles. The number of pyridine rings is 1. The second-order valence-electron chi connectivity index (χ2n) is 21.1. The number of fused-ring (bicyclic) bond motifs is 15. The van der Waals surface area contributed by atoms with Crippen molar-refractivity contribution < 1.29 is 4.74 Å². The Bertz CT molecular complexity index is 4470. The van der Waals surface area contributed by atoms with Crippen molar-refractivity contribution in [2.75, 3.05) is 16.5 Å². The molecule has 0 saturated heterocycles. The molecule has 5 heterocycles. The van der Waals surface area contributed by atoms with Crippen molar-refractivity contribution in [3.8, 4) is 56.0 Å². The summed E-state index contributed by atoms with van der Waals surface area (Å²) in [5.41, 5.74) is 18.4. The molecule has 0 saturated carbocycles. The zero-order valence-corrected chi connectivity index (χ0v) is 41.9. The minimum absolute atomic E-state index is 0.0987. The summed E-state index contributed by atoms with van der Waals surface area (Å²) in [6.45, 7) is 7.53. The Morgan fingerprint density at radius 2 is 0.907 bits per heavy atom. The number of benzene rings is 10. The van der Waals surface area contributed by atoms with Gasteiger partial charge in [-0.2, -0.15) is 0 Å². The van der Waals surface area contributed by atoms with Crippen LogP contribution in [0.2, 0.25) is 0 Å². The van der Waals surface area contributed by atoms with Crippen molar-refractivity contribution >= 4 is 82.5 Å². The maximum Gasteiger partial charge on any atom is 0.145 e. The van der Waals surface area contributed by atoms with Crippen LogP contribution in [0.25, 0.3) is 104 Å². The van der Waals surface area contributed by atoms with E-state index in [0.717, 1.165) is 61.3 Å². The van der Waals surface area contributed by atoms with Gasteiger partial charge in [-0.15, -0.1) is 0 Å². The Balaban J connectivity index is 0.940. The summed E-state index contributed by atoms with van der Waals surface area (Å²) in [6, 6.07) is 84.0. The molecule has 0 aliphatic carbocycles. The molecule has 0 atom stereocenters. The molecule has 0 unspecified atom stereocenters. The van der Waals surface area contributed by atoms with Crippen LogP contribution in [0.3, 0.4) is 0 Å². The van der Waals surface area contributed by atoms with Gasteiger partial charge in [-0.1, -0.05) is 185 Å². The normalized spacial score (nSPS) is 12.9. The molecule has 10 aromatic carbocycles. The van der Waals surface area contributed by atoms with Crippen LogP contribution in [0.15, 0.2) is 237 Å². The molecule has 0 N–H and O–H groups in total. The van der Waals surface area contributed by atoms with E-state index < -0.39 is 0 Å². The molecule has 0 radical (unpaired) electrons. The lowest BCUT2D eigenvalue weighted by molar-refractivity contribution is 0.483. The number of para-hydroxylation sites is 2. The minimum Gasteiger partial charge on any atom is -0.457 e. The van der Waals surface area contributed by atoms with E-state index in [4.69, 9.17) is 9.72 Å². The lowest BCUT2D eigenvalue weighted by Gasteiger charge is -2.28. The predicted octanol–water partition coefficient (Wildman–Crippen LogP) is 19.0. The topological polar surface area (TPSA) is 33.0 Å². The van der Waals surface area contributed by atoms with Crippen molar-refractivity contribution in [2.45, 2.75) is 26.2 Å². The number of hydrogen-bond acceptors (Lipinski definition) is 4. The van der Waals surface area contributed by atoms with Crippen LogP contribution in [0.4, 0.5) is 22.7 Å². The molecule has 5 heteroatoms. The third-order valence-corrected chi connectivity index (χ3v) is 15.8. The van der Waals surface area contributed by atoms with E-state index in [-0.39, 0.29) is 5.41 Å². The van der Waals surface area contributed by atoms with Crippen molar-refractivity contribution in [1.29, 1.82) is 0 Å². The van der Waals surface area contributed by atoms with Crippen molar-refractivity contribution in [2.24, 2.45) is 0 Å². The maximum atomic E-state index is 7.17. The molecule has 2 aliphatic heterocycles. The monoisotopic (exact) mass is 962 g/mol. The van der Waals surface area contributed by atoms with Gasteiger partial charge in [0.15, 0.2) is 0 Å². The van der Waals surface area contributed by atoms with E-state index in [1.807, 2.05) is 6.20 Å². The molecule has 356 valence electrons. The first-order valence-electron chi connectivity index (χ1n) is 26.0. The number of anilines is 4. The van der Waals surface area contributed by atoms with E-state index in [1.165, 1.54) is 82.8 Å². The zero-order chi connectivity index (χ0) is 49.9. The van der Waals surface area contributed by atoms with E-state index in [0.29, 0.717) is 6.67 Å². The molecular formula is C70H50N4O. The summed E-state index contributed by atoms with van der Waals surface area (Å²) in [7, 11) is 0. The van der Waals surface area contributed by atoms with Gasteiger partial charge >= 0.3 is 0 Å². The first-order valence-corrected chi connectivity index (χ1v) is 26.0. The van der Waals surface area contributed by atoms with Gasteiger partial charge < -0.3 is 14.5 Å². The van der Waals surface area contributed by atoms with Crippen molar-refractivity contribution in [1.82, 2.24) is 9.38 Å². The number of nitrogens with zero attached hydrogens (tertiary/aromatic N) is 4. The van der Waals surface area contributed by atoms with Crippen molar-refractivity contribution in [3.63, 3.8) is 0 Å². The van der Waals surface area contributed by atoms with Crippen LogP contribution >= 0.6 is 0 Å². The molecule has 5 nitrogen and oxygen atoms in total. The highest BCUT2D eigenvalue weighted by atomic mass is 16.5. The molecule has 13 aromatic rings. The van der Waals surface area contributed by atoms with Crippen LogP contribution in [0.1, 0.15) is 26.3 Å². The highest BCUT2D eigenvalue weighted by Gasteiger charge is 2.37. The quantitative estimate of drug-likeness (QED) is 0.172. The Hall–Kier alpha value is -9.45. The molecule has 0 fully saturated rings. The summed E-state index contributed by atoms with van der Waals surface area (Å²) in [6.07, 6.45) is 1.92. The highest BCUT2D eigenvalue weighted by Crippen LogP contribution is 2.58. The van der Waals surface area contributed by atoms with Crippen LogP contribution in [-0.2, 0) is 5.41 Å². The van der Waals surface area contributed by atoms with Crippen molar-refractivity contribution in [3.05, 3.63) is 242 Å². The summed E-state index contributed by atoms with van der Waals surface area (Å²) >= 11 is 0. The van der Waals surface area contributed by atoms with E-state index in [1.54, 1.807) is 0 Å². The second kappa shape index (κ2) is 16.5. The van der Waals surface area contributed by atoms with Gasteiger partial charge in [0.05, 0.1) is 33.8 Å². The fourth-order valence-electron chi connectivity index (χ4n) is 12.3. The fourth-order valence-corrected chi connectivity index (χ4v) is 12.3. The van der Waals surface area contributed by atoms with E-state index in [9.17, 15) is 0 Å². The average molecular weight is 963 g/mol. The van der Waals surface area contributed by atoms with Gasteiger partial charge in [-0.3, -0.25) is 4.40 Å². The second-order valence-corrected chi connectivity index (χ2v) is 21.1. The summed E-state index contributed by atoms with van der Waals surface area (Å²) in [4.78, 5) is 10.3. The van der Waals surface area contributed by atoms with Gasteiger partial charge in [0.1, 0.15) is 23.8 Å². The molecular weight excluding hydrogens is 913 g/mol. The summed E-state index contributed by atoms with van der Waals surface area (Å²) < 4.78 is 9.57. The molecule has 2 aliphatic rings. The third-order valence-electron chi connectivity index (χ3n) is 15.8. The summed E-state index contributed by atoms with van der Waals surface area (Å²) in [5, 5.41) is 9.35. The van der Waals surface area contributed by atoms with Crippen LogP contribution < -0.4 is 14.5 Å². The summed E-state index contributed by atoms with van der Waals surface area (Å²) in [5.74, 6) is 1.51. The lowest BCUT2D eigenvalue weighted by atomic mass is 9.85. The fraction of sp³-hybridized carbons (Fsp3) is 0.0714. The predicted molar refractivity (Wildman–Crippen MR) is 314 cm³/mol. The maximum absolute atomic E-state index is 7.17. The average Bonchev–Trinajstić information content (AvgIpc) is 4.03. The van der Waals surface area contributed by atoms with Gasteiger partial charge in [-0.25, -0.2) is 4.98 Å². The molecule has 0 amide bonds. The van der Waals surface area contributed by atoms with E-state index in [2.05, 4.69) is 265 Å². The zero-order valence-electron chi connectivity index (χ0n) is 41.9. The minimum atomic E-state index is -0.0987. The highest BCUT2D eigenvalue weighted by molar-refractivity contribution is 6.25. The Morgan fingerprint density at radius 1 is 0.387 bits per heavy atom. The number of ether oxygens (including phenoxy) is 1. The van der Waals surface area contributed by atoms with Gasteiger partial charge in [-0.05, 0) is 109 Å². The SMILES string of the molecule is CC(C)(C)c1cc2c3ccccc3c3ccccc3c3cccnc3n3c4cc(Oc5ccc6c(c5)N5CN(c7c(-c8ccccc8)cccc7-c7ccccc7)c7cccc(c75)-c5ccccc5-6)ccc4c(c1)c23. The van der Waals surface area contributed by atoms with Crippen LogP contribution in [-0.4, -0.2) is 16.1 Å². The smallest absolute Gasteiger partial charge is 0.145 e. The third kappa shape index (κ3) is 6.67. The first kappa shape index (κ1) is 43.2. The number of hydrogen-bond donors (Lipinski definition) is 0. The number of rotatable bonds is 5. The van der Waals surface area contributed by atoms with Gasteiger partial charge in [0.2, 0.25) is 0 Å². The largest absolute Gasteiger partial charge is 0.457 e. The van der Waals surface area contributed by atoms with Crippen LogP contribution in [0, 0.1) is 0 Å². The van der Waals surface area contributed by atoms with E-state index >= 15 is 0 Å².